The Labute approximate surface area is 156 Å². The van der Waals surface area contributed by atoms with Crippen LogP contribution >= 0.6 is 0 Å². The van der Waals surface area contributed by atoms with E-state index in [9.17, 15) is 13.5 Å². The number of aromatic nitrogens is 2. The third-order valence-electron chi connectivity index (χ3n) is 4.24. The van der Waals surface area contributed by atoms with E-state index in [4.69, 9.17) is 4.74 Å². The number of para-hydroxylation sites is 2. The molecular formula is C20H16N2O4S. The van der Waals surface area contributed by atoms with E-state index < -0.39 is 10.0 Å². The van der Waals surface area contributed by atoms with Crippen LogP contribution in [0.1, 0.15) is 0 Å². The molecule has 7 heteroatoms. The number of hydrogen-bond acceptors (Lipinski definition) is 5. The maximum Gasteiger partial charge on any atom is 0.269 e. The Balaban J connectivity index is 1.98. The Bertz CT molecular complexity index is 1210. The van der Waals surface area contributed by atoms with Crippen molar-refractivity contribution in [2.24, 2.45) is 0 Å². The number of phenols is 1. The molecule has 0 aliphatic rings. The van der Waals surface area contributed by atoms with E-state index in [1.165, 1.54) is 35.3 Å². The van der Waals surface area contributed by atoms with E-state index in [1.54, 1.807) is 48.5 Å². The first-order chi connectivity index (χ1) is 13.0. The van der Waals surface area contributed by atoms with E-state index in [-0.39, 0.29) is 16.5 Å². The van der Waals surface area contributed by atoms with Crippen LogP contribution in [0.4, 0.5) is 0 Å². The van der Waals surface area contributed by atoms with Gasteiger partial charge in [0.2, 0.25) is 0 Å². The monoisotopic (exact) mass is 380 g/mol. The van der Waals surface area contributed by atoms with E-state index in [0.29, 0.717) is 22.3 Å². The number of phenolic OH excluding ortho intramolecular Hbond substituents is 1. The van der Waals surface area contributed by atoms with E-state index in [2.05, 4.69) is 4.98 Å². The predicted octanol–water partition coefficient (Wildman–Crippen LogP) is 3.65. The second kappa shape index (κ2) is 6.44. The molecule has 0 unspecified atom stereocenters. The molecule has 0 amide bonds. The fourth-order valence-corrected chi connectivity index (χ4v) is 4.37. The molecule has 0 radical (unpaired) electrons. The summed E-state index contributed by atoms with van der Waals surface area (Å²) in [7, 11) is -2.38. The lowest BCUT2D eigenvalue weighted by Crippen LogP contribution is -2.14. The van der Waals surface area contributed by atoms with Crippen LogP contribution in [0, 0.1) is 0 Å². The third-order valence-corrected chi connectivity index (χ3v) is 5.96. The molecule has 136 valence electrons. The highest BCUT2D eigenvalue weighted by atomic mass is 32.2. The van der Waals surface area contributed by atoms with Gasteiger partial charge in [-0.2, -0.15) is 0 Å². The molecule has 0 spiro atoms. The van der Waals surface area contributed by atoms with Crippen LogP contribution in [0.3, 0.4) is 0 Å². The van der Waals surface area contributed by atoms with Gasteiger partial charge in [0, 0.05) is 5.56 Å². The van der Waals surface area contributed by atoms with Crippen molar-refractivity contribution in [1.82, 2.24) is 8.96 Å². The van der Waals surface area contributed by atoms with Crippen LogP contribution < -0.4 is 4.74 Å². The van der Waals surface area contributed by atoms with Crippen molar-refractivity contribution in [2.75, 3.05) is 7.11 Å². The van der Waals surface area contributed by atoms with Crippen molar-refractivity contribution < 1.29 is 18.3 Å². The van der Waals surface area contributed by atoms with Crippen LogP contribution in [0.5, 0.6) is 11.5 Å². The molecule has 6 nitrogen and oxygen atoms in total. The zero-order chi connectivity index (χ0) is 19.0. The molecule has 4 rings (SSSR count). The van der Waals surface area contributed by atoms with Crippen LogP contribution in [0.2, 0.25) is 0 Å². The van der Waals surface area contributed by atoms with Crippen LogP contribution in [-0.2, 0) is 10.0 Å². The van der Waals surface area contributed by atoms with Gasteiger partial charge in [-0.15, -0.1) is 0 Å². The van der Waals surface area contributed by atoms with Gasteiger partial charge in [-0.05, 0) is 60.7 Å². The molecule has 0 saturated heterocycles. The second-order valence-corrected chi connectivity index (χ2v) is 7.70. The topological polar surface area (TPSA) is 81.4 Å². The summed E-state index contributed by atoms with van der Waals surface area (Å²) in [6.07, 6.45) is 0. The molecule has 0 saturated carbocycles. The molecule has 0 aliphatic carbocycles. The van der Waals surface area contributed by atoms with Gasteiger partial charge in [0.1, 0.15) is 11.5 Å². The average Bonchev–Trinajstić information content (AvgIpc) is 3.09. The number of aromatic hydroxyl groups is 1. The van der Waals surface area contributed by atoms with Crippen molar-refractivity contribution in [3.63, 3.8) is 0 Å². The number of benzene rings is 3. The Morgan fingerprint density at radius 3 is 2.26 bits per heavy atom. The summed E-state index contributed by atoms with van der Waals surface area (Å²) in [5.41, 5.74) is 1.63. The highest BCUT2D eigenvalue weighted by Gasteiger charge is 2.25. The quantitative estimate of drug-likeness (QED) is 0.584. The molecular weight excluding hydrogens is 364 g/mol. The minimum atomic E-state index is -3.90. The maximum absolute atomic E-state index is 13.4. The molecule has 0 atom stereocenters. The summed E-state index contributed by atoms with van der Waals surface area (Å²) in [6.45, 7) is 0. The van der Waals surface area contributed by atoms with E-state index in [1.807, 2.05) is 0 Å². The van der Waals surface area contributed by atoms with Gasteiger partial charge in [-0.3, -0.25) is 0 Å². The Morgan fingerprint density at radius 2 is 1.59 bits per heavy atom. The van der Waals surface area contributed by atoms with Gasteiger partial charge in [-0.1, -0.05) is 12.1 Å². The van der Waals surface area contributed by atoms with Crippen molar-refractivity contribution in [3.8, 4) is 22.9 Å². The summed E-state index contributed by atoms with van der Waals surface area (Å²) >= 11 is 0. The Hall–Kier alpha value is -3.32. The molecule has 1 N–H and O–H groups in total. The molecule has 1 heterocycles. The van der Waals surface area contributed by atoms with Crippen LogP contribution in [0.25, 0.3) is 22.4 Å². The number of methoxy groups -OCH3 is 1. The highest BCUT2D eigenvalue weighted by Crippen LogP contribution is 2.30. The summed E-state index contributed by atoms with van der Waals surface area (Å²) in [4.78, 5) is 4.65. The van der Waals surface area contributed by atoms with E-state index >= 15 is 0 Å². The first kappa shape index (κ1) is 17.1. The molecule has 0 aliphatic heterocycles. The first-order valence-corrected chi connectivity index (χ1v) is 9.61. The summed E-state index contributed by atoms with van der Waals surface area (Å²) < 4.78 is 33.1. The van der Waals surface area contributed by atoms with Crippen LogP contribution in [0.15, 0.2) is 77.7 Å². The van der Waals surface area contributed by atoms with Gasteiger partial charge in [0.05, 0.1) is 23.0 Å². The lowest BCUT2D eigenvalue weighted by molar-refractivity contribution is 0.414. The van der Waals surface area contributed by atoms with Crippen LogP contribution in [-0.4, -0.2) is 29.6 Å². The lowest BCUT2D eigenvalue weighted by Gasteiger charge is -2.11. The number of imidazole rings is 1. The summed E-state index contributed by atoms with van der Waals surface area (Å²) in [6, 6.07) is 19.5. The molecule has 27 heavy (non-hydrogen) atoms. The Kier molecular flexibility index (Phi) is 4.08. The number of hydrogen-bond donors (Lipinski definition) is 1. The number of nitrogens with zero attached hydrogens (tertiary/aromatic N) is 2. The average molecular weight is 380 g/mol. The van der Waals surface area contributed by atoms with Gasteiger partial charge < -0.3 is 9.84 Å². The largest absolute Gasteiger partial charge is 0.508 e. The highest BCUT2D eigenvalue weighted by molar-refractivity contribution is 7.90. The Morgan fingerprint density at radius 1 is 0.926 bits per heavy atom. The minimum absolute atomic E-state index is 0.0967. The van der Waals surface area contributed by atoms with Gasteiger partial charge in [0.25, 0.3) is 10.0 Å². The molecule has 3 aromatic carbocycles. The minimum Gasteiger partial charge on any atom is -0.508 e. The van der Waals surface area contributed by atoms with Crippen molar-refractivity contribution in [1.29, 1.82) is 0 Å². The summed E-state index contributed by atoms with van der Waals surface area (Å²) in [5.74, 6) is 0.953. The standard InChI is InChI=1S/C20H16N2O4S/c1-26-16-10-12-17(13-11-16)27(24,25)22-19-5-3-2-4-18(19)21-20(22)14-6-8-15(23)9-7-14/h2-13,23H,1H3. The fraction of sp³-hybridized carbons (Fsp3) is 0.0500. The number of ether oxygens (including phenoxy) is 1. The number of rotatable bonds is 4. The third kappa shape index (κ3) is 2.92. The normalized spacial score (nSPS) is 11.6. The van der Waals surface area contributed by atoms with Crippen molar-refractivity contribution >= 4 is 21.1 Å². The predicted molar refractivity (Wildman–Crippen MR) is 102 cm³/mol. The zero-order valence-electron chi connectivity index (χ0n) is 14.4. The first-order valence-electron chi connectivity index (χ1n) is 8.17. The van der Waals surface area contributed by atoms with Gasteiger partial charge in [-0.25, -0.2) is 17.4 Å². The van der Waals surface area contributed by atoms with Gasteiger partial charge >= 0.3 is 0 Å². The fourth-order valence-electron chi connectivity index (χ4n) is 2.89. The van der Waals surface area contributed by atoms with Gasteiger partial charge in [0.15, 0.2) is 5.82 Å². The van der Waals surface area contributed by atoms with E-state index in [0.717, 1.165) is 0 Å². The lowest BCUT2D eigenvalue weighted by atomic mass is 10.2. The summed E-state index contributed by atoms with van der Waals surface area (Å²) in [5, 5.41) is 9.54. The zero-order valence-corrected chi connectivity index (χ0v) is 15.2. The number of fused-ring (bicyclic) bond motifs is 1. The molecule has 0 bridgehead atoms. The van der Waals surface area contributed by atoms with Crippen molar-refractivity contribution in [2.45, 2.75) is 4.90 Å². The smallest absolute Gasteiger partial charge is 0.269 e. The SMILES string of the molecule is COc1ccc(S(=O)(=O)n2c(-c3ccc(O)cc3)nc3ccccc32)cc1. The molecule has 4 aromatic rings. The van der Waals surface area contributed by atoms with Crippen molar-refractivity contribution in [3.05, 3.63) is 72.8 Å². The maximum atomic E-state index is 13.4. The molecule has 1 aromatic heterocycles. The molecule has 0 fully saturated rings. The second-order valence-electron chi connectivity index (χ2n) is 5.92.